The van der Waals surface area contributed by atoms with Crippen LogP contribution in [0.4, 0.5) is 5.69 Å². The molecule has 190 valence electrons. The summed E-state index contributed by atoms with van der Waals surface area (Å²) in [5, 5.41) is 4.74. The van der Waals surface area contributed by atoms with Crippen LogP contribution in [0.3, 0.4) is 0 Å². The van der Waals surface area contributed by atoms with E-state index in [2.05, 4.69) is 68.1 Å². The summed E-state index contributed by atoms with van der Waals surface area (Å²) in [6.07, 6.45) is 7.98. The van der Waals surface area contributed by atoms with Gasteiger partial charge in [0.05, 0.1) is 11.9 Å². The highest BCUT2D eigenvalue weighted by Crippen LogP contribution is 2.26. The Morgan fingerprint density at radius 2 is 1.38 bits per heavy atom. The number of amides is 1. The van der Waals surface area contributed by atoms with Gasteiger partial charge in [-0.15, -0.1) is 0 Å². The lowest BCUT2D eigenvalue weighted by Gasteiger charge is -2.39. The summed E-state index contributed by atoms with van der Waals surface area (Å²) >= 11 is 0. The molecule has 7 nitrogen and oxygen atoms in total. The summed E-state index contributed by atoms with van der Waals surface area (Å²) in [7, 11) is 0. The second-order valence-corrected chi connectivity index (χ2v) is 10.0. The van der Waals surface area contributed by atoms with Crippen molar-refractivity contribution >= 4 is 11.6 Å². The molecule has 6 rings (SSSR count). The van der Waals surface area contributed by atoms with Gasteiger partial charge < -0.3 is 14.4 Å². The number of piperazine rings is 1. The van der Waals surface area contributed by atoms with E-state index >= 15 is 0 Å². The van der Waals surface area contributed by atoms with Crippen molar-refractivity contribution in [2.24, 2.45) is 5.92 Å². The first-order valence-electron chi connectivity index (χ1n) is 13.3. The van der Waals surface area contributed by atoms with Gasteiger partial charge in [0.15, 0.2) is 0 Å². The van der Waals surface area contributed by atoms with Crippen molar-refractivity contribution in [3.05, 3.63) is 97.0 Å². The Labute approximate surface area is 218 Å². The molecule has 2 saturated heterocycles. The number of nitrogens with zero attached hydrogens (tertiary/aromatic N) is 6. The molecule has 1 amide bonds. The van der Waals surface area contributed by atoms with Crippen LogP contribution >= 0.6 is 0 Å². The van der Waals surface area contributed by atoms with E-state index in [-0.39, 0.29) is 5.92 Å². The van der Waals surface area contributed by atoms with Crippen LogP contribution in [0.15, 0.2) is 91.4 Å². The highest BCUT2D eigenvalue weighted by molar-refractivity contribution is 5.79. The van der Waals surface area contributed by atoms with Crippen molar-refractivity contribution in [3.8, 4) is 11.5 Å². The Bertz CT molecular complexity index is 1280. The average molecular weight is 495 g/mol. The Hall–Kier alpha value is -3.84. The first kappa shape index (κ1) is 23.6. The predicted molar refractivity (Wildman–Crippen MR) is 146 cm³/mol. The number of likely N-dealkylation sites (tertiary alicyclic amines) is 1. The molecular weight excluding hydrogens is 460 g/mol. The standard InChI is InChI=1S/C30H34N6O/c37-30(35-21-19-33(20-22-35)27-9-3-1-4-10-27)25-13-17-32(18-14-25)24-26-23-31-36(28-11-5-2-6-12-28)29(26)34-15-7-8-16-34/h1-12,15-16,23,25H,13-14,17-22,24H2. The summed E-state index contributed by atoms with van der Waals surface area (Å²) in [5.41, 5.74) is 3.49. The molecule has 0 aliphatic carbocycles. The maximum absolute atomic E-state index is 13.3. The largest absolute Gasteiger partial charge is 0.368 e. The van der Waals surface area contributed by atoms with Crippen LogP contribution in [-0.2, 0) is 11.3 Å². The minimum atomic E-state index is 0.135. The van der Waals surface area contributed by atoms with Crippen LogP contribution in [0, 0.1) is 5.92 Å². The van der Waals surface area contributed by atoms with Crippen molar-refractivity contribution < 1.29 is 4.79 Å². The maximum Gasteiger partial charge on any atom is 0.225 e. The van der Waals surface area contributed by atoms with E-state index in [0.717, 1.165) is 70.2 Å². The van der Waals surface area contributed by atoms with E-state index in [0.29, 0.717) is 5.91 Å². The molecule has 2 aromatic carbocycles. The molecule has 4 aromatic rings. The van der Waals surface area contributed by atoms with E-state index in [1.54, 1.807) is 0 Å². The molecule has 0 bridgehead atoms. The molecular formula is C30H34N6O. The van der Waals surface area contributed by atoms with Crippen molar-refractivity contribution in [1.29, 1.82) is 0 Å². The number of hydrogen-bond acceptors (Lipinski definition) is 4. The summed E-state index contributed by atoms with van der Waals surface area (Å²) in [4.78, 5) is 20.2. The topological polar surface area (TPSA) is 49.5 Å². The van der Waals surface area contributed by atoms with Gasteiger partial charge in [0.2, 0.25) is 5.91 Å². The van der Waals surface area contributed by atoms with Crippen LogP contribution < -0.4 is 4.90 Å². The Morgan fingerprint density at radius 3 is 2.03 bits per heavy atom. The van der Waals surface area contributed by atoms with E-state index in [1.165, 1.54) is 11.3 Å². The van der Waals surface area contributed by atoms with Crippen molar-refractivity contribution in [3.63, 3.8) is 0 Å². The van der Waals surface area contributed by atoms with E-state index in [9.17, 15) is 4.79 Å². The molecule has 0 N–H and O–H groups in total. The third-order valence-electron chi connectivity index (χ3n) is 7.71. The number of aromatic nitrogens is 3. The fraction of sp³-hybridized carbons (Fsp3) is 0.333. The van der Waals surface area contributed by atoms with E-state index in [1.807, 2.05) is 47.3 Å². The monoisotopic (exact) mass is 494 g/mol. The van der Waals surface area contributed by atoms with Crippen LogP contribution in [0.5, 0.6) is 0 Å². The fourth-order valence-electron chi connectivity index (χ4n) is 5.66. The minimum Gasteiger partial charge on any atom is -0.368 e. The van der Waals surface area contributed by atoms with Crippen LogP contribution in [0.2, 0.25) is 0 Å². The van der Waals surface area contributed by atoms with E-state index in [4.69, 9.17) is 5.10 Å². The van der Waals surface area contributed by atoms with Gasteiger partial charge >= 0.3 is 0 Å². The number of hydrogen-bond donors (Lipinski definition) is 0. The molecule has 0 saturated carbocycles. The number of carbonyl (C=O) groups is 1. The average Bonchev–Trinajstić information content (AvgIpc) is 3.64. The first-order valence-corrected chi connectivity index (χ1v) is 13.3. The third-order valence-corrected chi connectivity index (χ3v) is 7.71. The molecule has 2 aromatic heterocycles. The molecule has 0 radical (unpaired) electrons. The van der Waals surface area contributed by atoms with Crippen LogP contribution in [0.25, 0.3) is 11.5 Å². The molecule has 37 heavy (non-hydrogen) atoms. The van der Waals surface area contributed by atoms with E-state index < -0.39 is 0 Å². The van der Waals surface area contributed by atoms with Gasteiger partial charge in [-0.1, -0.05) is 36.4 Å². The van der Waals surface area contributed by atoms with Gasteiger partial charge in [-0.2, -0.15) is 5.10 Å². The highest BCUT2D eigenvalue weighted by atomic mass is 16.2. The second-order valence-electron chi connectivity index (χ2n) is 10.0. The van der Waals surface area contributed by atoms with Crippen molar-refractivity contribution in [2.75, 3.05) is 44.2 Å². The fourth-order valence-corrected chi connectivity index (χ4v) is 5.66. The van der Waals surface area contributed by atoms with Gasteiger partial charge in [-0.3, -0.25) is 9.69 Å². The quantitative estimate of drug-likeness (QED) is 0.403. The zero-order valence-corrected chi connectivity index (χ0v) is 21.2. The second kappa shape index (κ2) is 10.6. The van der Waals surface area contributed by atoms with Gasteiger partial charge in [-0.05, 0) is 62.3 Å². The Morgan fingerprint density at radius 1 is 0.757 bits per heavy atom. The Kier molecular flexibility index (Phi) is 6.78. The molecule has 0 unspecified atom stereocenters. The van der Waals surface area contributed by atoms with Crippen molar-refractivity contribution in [2.45, 2.75) is 19.4 Å². The predicted octanol–water partition coefficient (Wildman–Crippen LogP) is 4.22. The highest BCUT2D eigenvalue weighted by Gasteiger charge is 2.31. The normalized spacial score (nSPS) is 17.3. The summed E-state index contributed by atoms with van der Waals surface area (Å²) in [6, 6.07) is 24.9. The lowest BCUT2D eigenvalue weighted by atomic mass is 9.94. The lowest BCUT2D eigenvalue weighted by Crippen LogP contribution is -2.51. The molecule has 4 heterocycles. The molecule has 2 aliphatic rings. The SMILES string of the molecule is O=C(C1CCN(Cc2cnn(-c3ccccc3)c2-n2cccc2)CC1)N1CCN(c2ccccc2)CC1. The number of anilines is 1. The summed E-state index contributed by atoms with van der Waals surface area (Å²) < 4.78 is 4.15. The smallest absolute Gasteiger partial charge is 0.225 e. The molecule has 0 spiro atoms. The van der Waals surface area contributed by atoms with Gasteiger partial charge in [0.25, 0.3) is 0 Å². The lowest BCUT2D eigenvalue weighted by molar-refractivity contribution is -0.137. The van der Waals surface area contributed by atoms with Crippen molar-refractivity contribution in [1.82, 2.24) is 24.1 Å². The number of carbonyl (C=O) groups excluding carboxylic acids is 1. The van der Waals surface area contributed by atoms with Gasteiger partial charge in [-0.25, -0.2) is 4.68 Å². The number of para-hydroxylation sites is 2. The number of benzene rings is 2. The minimum absolute atomic E-state index is 0.135. The van der Waals surface area contributed by atoms with Gasteiger partial charge in [0.1, 0.15) is 5.82 Å². The molecule has 0 atom stereocenters. The number of rotatable bonds is 6. The molecule has 2 aliphatic heterocycles. The zero-order valence-electron chi connectivity index (χ0n) is 21.2. The molecule has 7 heteroatoms. The third kappa shape index (κ3) is 5.04. The van der Waals surface area contributed by atoms with Gasteiger partial charge in [0, 0.05) is 62.3 Å². The van der Waals surface area contributed by atoms with Crippen LogP contribution in [-0.4, -0.2) is 69.3 Å². The molecule has 2 fully saturated rings. The maximum atomic E-state index is 13.3. The zero-order chi connectivity index (χ0) is 25.0. The summed E-state index contributed by atoms with van der Waals surface area (Å²) in [6.45, 7) is 6.13. The first-order chi connectivity index (χ1) is 18.3. The summed E-state index contributed by atoms with van der Waals surface area (Å²) in [5.74, 6) is 1.55. The van der Waals surface area contributed by atoms with Crippen LogP contribution in [0.1, 0.15) is 18.4 Å². The Balaban J connectivity index is 1.07. The number of piperidine rings is 1.